The van der Waals surface area contributed by atoms with Crippen LogP contribution in [0.15, 0.2) is 12.1 Å². The van der Waals surface area contributed by atoms with Gasteiger partial charge in [0.05, 0.1) is 25.3 Å². The lowest BCUT2D eigenvalue weighted by Crippen LogP contribution is -1.97. The van der Waals surface area contributed by atoms with Gasteiger partial charge in [-0.2, -0.15) is 0 Å². The van der Waals surface area contributed by atoms with Crippen LogP contribution in [0.2, 0.25) is 5.02 Å². The van der Waals surface area contributed by atoms with Gasteiger partial charge in [0.2, 0.25) is 0 Å². The number of benzene rings is 1. The van der Waals surface area contributed by atoms with Gasteiger partial charge >= 0.3 is 0 Å². The molecule has 1 N–H and O–H groups in total. The molecule has 0 aliphatic heterocycles. The first-order valence-corrected chi connectivity index (χ1v) is 4.70. The fourth-order valence-electron chi connectivity index (χ4n) is 1.13. The van der Waals surface area contributed by atoms with E-state index in [2.05, 4.69) is 0 Å². The van der Waals surface area contributed by atoms with Crippen LogP contribution >= 0.6 is 11.6 Å². The number of aliphatic hydroxyl groups excluding tert-OH is 1. The molecular weight excluding hydrogens is 204 g/mol. The molecule has 3 nitrogen and oxygen atoms in total. The highest BCUT2D eigenvalue weighted by Gasteiger charge is 2.09. The van der Waals surface area contributed by atoms with Crippen molar-refractivity contribution < 1.29 is 14.6 Å². The quantitative estimate of drug-likeness (QED) is 0.839. The van der Waals surface area contributed by atoms with E-state index in [0.717, 1.165) is 0 Å². The Morgan fingerprint density at radius 1 is 1.36 bits per heavy atom. The summed E-state index contributed by atoms with van der Waals surface area (Å²) in [5.74, 6) is 1.18. The van der Waals surface area contributed by atoms with E-state index in [4.69, 9.17) is 26.2 Å². The monoisotopic (exact) mass is 216 g/mol. The van der Waals surface area contributed by atoms with Crippen LogP contribution in [0.5, 0.6) is 11.5 Å². The van der Waals surface area contributed by atoms with E-state index in [0.29, 0.717) is 28.7 Å². The second-order valence-electron chi connectivity index (χ2n) is 2.69. The zero-order chi connectivity index (χ0) is 10.6. The second kappa shape index (κ2) is 5.08. The van der Waals surface area contributed by atoms with Crippen molar-refractivity contribution in [3.8, 4) is 11.5 Å². The third-order valence-corrected chi connectivity index (χ3v) is 2.15. The minimum absolute atomic E-state index is 0.108. The van der Waals surface area contributed by atoms with Crippen molar-refractivity contribution in [2.24, 2.45) is 0 Å². The lowest BCUT2D eigenvalue weighted by molar-refractivity contribution is 0.278. The maximum atomic E-state index is 8.99. The maximum absolute atomic E-state index is 8.99. The molecule has 0 aliphatic rings. The van der Waals surface area contributed by atoms with Crippen molar-refractivity contribution in [1.82, 2.24) is 0 Å². The third-order valence-electron chi connectivity index (χ3n) is 1.80. The van der Waals surface area contributed by atoms with E-state index in [1.165, 1.54) is 0 Å². The third kappa shape index (κ3) is 2.30. The van der Waals surface area contributed by atoms with E-state index in [-0.39, 0.29) is 6.61 Å². The number of aliphatic hydroxyl groups is 1. The SMILES string of the molecule is CCOc1cc(CO)c(Cl)cc1OC. The van der Waals surface area contributed by atoms with Gasteiger partial charge in [0, 0.05) is 6.07 Å². The lowest BCUT2D eigenvalue weighted by Gasteiger charge is -2.11. The summed E-state index contributed by atoms with van der Waals surface area (Å²) in [5.41, 5.74) is 0.635. The molecule has 0 atom stereocenters. The van der Waals surface area contributed by atoms with Crippen molar-refractivity contribution in [2.45, 2.75) is 13.5 Å². The zero-order valence-electron chi connectivity index (χ0n) is 8.21. The molecule has 14 heavy (non-hydrogen) atoms. The molecule has 1 aromatic rings. The molecule has 0 heterocycles. The Bertz CT molecular complexity index is 312. The lowest BCUT2D eigenvalue weighted by atomic mass is 10.2. The zero-order valence-corrected chi connectivity index (χ0v) is 8.97. The molecule has 0 saturated heterocycles. The van der Waals surface area contributed by atoms with Crippen LogP contribution < -0.4 is 9.47 Å². The number of hydrogen-bond donors (Lipinski definition) is 1. The average Bonchev–Trinajstić information content (AvgIpc) is 2.20. The average molecular weight is 217 g/mol. The number of rotatable bonds is 4. The van der Waals surface area contributed by atoms with Crippen molar-refractivity contribution in [1.29, 1.82) is 0 Å². The summed E-state index contributed by atoms with van der Waals surface area (Å²) in [4.78, 5) is 0. The van der Waals surface area contributed by atoms with E-state index < -0.39 is 0 Å². The summed E-state index contributed by atoms with van der Waals surface area (Å²) < 4.78 is 10.4. The highest BCUT2D eigenvalue weighted by Crippen LogP contribution is 2.33. The first-order valence-electron chi connectivity index (χ1n) is 4.33. The van der Waals surface area contributed by atoms with Gasteiger partial charge < -0.3 is 14.6 Å². The minimum Gasteiger partial charge on any atom is -0.493 e. The summed E-state index contributed by atoms with van der Waals surface area (Å²) in [5, 5.41) is 9.47. The van der Waals surface area contributed by atoms with Crippen LogP contribution in [0.1, 0.15) is 12.5 Å². The largest absolute Gasteiger partial charge is 0.493 e. The van der Waals surface area contributed by atoms with Crippen LogP contribution in [0, 0.1) is 0 Å². The van der Waals surface area contributed by atoms with Gasteiger partial charge in [0.1, 0.15) is 0 Å². The van der Waals surface area contributed by atoms with E-state index >= 15 is 0 Å². The number of methoxy groups -OCH3 is 1. The normalized spacial score (nSPS) is 10.0. The van der Waals surface area contributed by atoms with Gasteiger partial charge in [-0.3, -0.25) is 0 Å². The van der Waals surface area contributed by atoms with Crippen LogP contribution in [-0.4, -0.2) is 18.8 Å². The minimum atomic E-state index is -0.108. The highest BCUT2D eigenvalue weighted by atomic mass is 35.5. The molecular formula is C10H13ClO3. The molecule has 0 aromatic heterocycles. The first-order chi connectivity index (χ1) is 6.72. The fourth-order valence-corrected chi connectivity index (χ4v) is 1.34. The van der Waals surface area contributed by atoms with Crippen LogP contribution in [-0.2, 0) is 6.61 Å². The van der Waals surface area contributed by atoms with Crippen molar-refractivity contribution in [2.75, 3.05) is 13.7 Å². The van der Waals surface area contributed by atoms with Gasteiger partial charge in [0.25, 0.3) is 0 Å². The van der Waals surface area contributed by atoms with Gasteiger partial charge in [-0.25, -0.2) is 0 Å². The Morgan fingerprint density at radius 3 is 2.57 bits per heavy atom. The number of halogens is 1. The van der Waals surface area contributed by atoms with E-state index in [9.17, 15) is 0 Å². The van der Waals surface area contributed by atoms with Gasteiger partial charge in [-0.15, -0.1) is 0 Å². The van der Waals surface area contributed by atoms with Crippen LogP contribution in [0.25, 0.3) is 0 Å². The van der Waals surface area contributed by atoms with Gasteiger partial charge in [0.15, 0.2) is 11.5 Å². The molecule has 0 spiro atoms. The second-order valence-corrected chi connectivity index (χ2v) is 3.09. The van der Waals surface area contributed by atoms with E-state index in [1.807, 2.05) is 6.92 Å². The maximum Gasteiger partial charge on any atom is 0.162 e. The van der Waals surface area contributed by atoms with Crippen LogP contribution in [0.3, 0.4) is 0 Å². The molecule has 0 amide bonds. The Balaban J connectivity index is 3.11. The summed E-state index contributed by atoms with van der Waals surface area (Å²) in [7, 11) is 1.55. The summed E-state index contributed by atoms with van der Waals surface area (Å²) in [6, 6.07) is 3.32. The molecule has 4 heteroatoms. The van der Waals surface area contributed by atoms with Crippen molar-refractivity contribution in [3.05, 3.63) is 22.7 Å². The highest BCUT2D eigenvalue weighted by molar-refractivity contribution is 6.31. The molecule has 0 aliphatic carbocycles. The summed E-state index contributed by atoms with van der Waals surface area (Å²) in [6.07, 6.45) is 0. The molecule has 0 radical (unpaired) electrons. The Labute approximate surface area is 88.2 Å². The number of hydrogen-bond acceptors (Lipinski definition) is 3. The molecule has 0 unspecified atom stereocenters. The molecule has 1 aromatic carbocycles. The predicted molar refractivity (Wildman–Crippen MR) is 55.1 cm³/mol. The Hall–Kier alpha value is -0.930. The standard InChI is InChI=1S/C10H13ClO3/c1-3-14-10-4-7(6-12)8(11)5-9(10)13-2/h4-5,12H,3,6H2,1-2H3. The molecule has 78 valence electrons. The Morgan fingerprint density at radius 2 is 2.07 bits per heavy atom. The molecule has 0 saturated carbocycles. The molecule has 0 fully saturated rings. The predicted octanol–water partition coefficient (Wildman–Crippen LogP) is 2.24. The topological polar surface area (TPSA) is 38.7 Å². The smallest absolute Gasteiger partial charge is 0.162 e. The molecule has 1 rings (SSSR count). The summed E-state index contributed by atoms with van der Waals surface area (Å²) in [6.45, 7) is 2.32. The van der Waals surface area contributed by atoms with Crippen LogP contribution in [0.4, 0.5) is 0 Å². The van der Waals surface area contributed by atoms with E-state index in [1.54, 1.807) is 19.2 Å². The van der Waals surface area contributed by atoms with Gasteiger partial charge in [-0.05, 0) is 18.6 Å². The van der Waals surface area contributed by atoms with Crippen molar-refractivity contribution >= 4 is 11.6 Å². The molecule has 0 bridgehead atoms. The van der Waals surface area contributed by atoms with Gasteiger partial charge in [-0.1, -0.05) is 11.6 Å². The van der Waals surface area contributed by atoms with Crippen molar-refractivity contribution in [3.63, 3.8) is 0 Å². The summed E-state index contributed by atoms with van der Waals surface area (Å²) >= 11 is 5.88. The first kappa shape index (κ1) is 11.1. The number of ether oxygens (including phenoxy) is 2. The fraction of sp³-hybridized carbons (Fsp3) is 0.400. The Kier molecular flexibility index (Phi) is 4.04.